The number of aromatic nitrogens is 2. The maximum absolute atomic E-state index is 12.6. The smallest absolute Gasteiger partial charge is 0.260 e. The Bertz CT molecular complexity index is 716. The number of nitrogens with one attached hydrogen (secondary N) is 2. The molecule has 0 amide bonds. The summed E-state index contributed by atoms with van der Waals surface area (Å²) in [6, 6.07) is 0. The van der Waals surface area contributed by atoms with Crippen molar-refractivity contribution in [3.63, 3.8) is 0 Å². The van der Waals surface area contributed by atoms with E-state index in [1.807, 2.05) is 5.38 Å². The number of fused-ring (bicyclic) bond motifs is 1. The number of imidazole rings is 1. The van der Waals surface area contributed by atoms with Gasteiger partial charge in [0.1, 0.15) is 0 Å². The van der Waals surface area contributed by atoms with E-state index in [-0.39, 0.29) is 5.03 Å². The van der Waals surface area contributed by atoms with Crippen LogP contribution in [0.1, 0.15) is 12.8 Å². The van der Waals surface area contributed by atoms with Crippen molar-refractivity contribution < 1.29 is 13.2 Å². The Kier molecular flexibility index (Phi) is 4.16. The molecular formula is C12H18N4O3S2. The molecule has 0 aromatic carbocycles. The van der Waals surface area contributed by atoms with Gasteiger partial charge in [0.2, 0.25) is 0 Å². The highest BCUT2D eigenvalue weighted by Gasteiger charge is 2.26. The van der Waals surface area contributed by atoms with Gasteiger partial charge in [-0.1, -0.05) is 0 Å². The fourth-order valence-electron chi connectivity index (χ4n) is 2.43. The molecule has 2 N–H and O–H groups in total. The van der Waals surface area contributed by atoms with Gasteiger partial charge >= 0.3 is 0 Å². The van der Waals surface area contributed by atoms with Crippen molar-refractivity contribution in [2.45, 2.75) is 17.9 Å². The van der Waals surface area contributed by atoms with Crippen LogP contribution in [0.4, 0.5) is 5.82 Å². The molecule has 0 aliphatic carbocycles. The summed E-state index contributed by atoms with van der Waals surface area (Å²) >= 11 is 1.40. The quantitative estimate of drug-likeness (QED) is 0.859. The minimum atomic E-state index is -3.60. The third kappa shape index (κ3) is 2.91. The zero-order chi connectivity index (χ0) is 14.9. The molecule has 1 aliphatic heterocycles. The maximum atomic E-state index is 12.6. The molecule has 2 aromatic heterocycles. The Labute approximate surface area is 127 Å². The SMILES string of the molecule is CNc1nc2sccn2c1S(=O)(=O)NCC1CCOCC1. The Morgan fingerprint density at radius 2 is 2.24 bits per heavy atom. The Morgan fingerprint density at radius 3 is 2.95 bits per heavy atom. The van der Waals surface area contributed by atoms with E-state index in [0.29, 0.717) is 36.5 Å². The van der Waals surface area contributed by atoms with Crippen molar-refractivity contribution in [3.05, 3.63) is 11.6 Å². The van der Waals surface area contributed by atoms with Crippen molar-refractivity contribution in [1.29, 1.82) is 0 Å². The van der Waals surface area contributed by atoms with Gasteiger partial charge in [-0.3, -0.25) is 4.40 Å². The number of hydrogen-bond acceptors (Lipinski definition) is 6. The molecular weight excluding hydrogens is 312 g/mol. The second-order valence-corrected chi connectivity index (χ2v) is 7.53. The lowest BCUT2D eigenvalue weighted by Crippen LogP contribution is -2.33. The number of anilines is 1. The van der Waals surface area contributed by atoms with Gasteiger partial charge in [-0.2, -0.15) is 0 Å². The molecule has 0 spiro atoms. The first-order chi connectivity index (χ1) is 10.1. The summed E-state index contributed by atoms with van der Waals surface area (Å²) in [5.41, 5.74) is 0. The maximum Gasteiger partial charge on any atom is 0.260 e. The first-order valence-electron chi connectivity index (χ1n) is 6.82. The summed E-state index contributed by atoms with van der Waals surface area (Å²) in [5.74, 6) is 0.707. The van der Waals surface area contributed by atoms with Crippen LogP contribution >= 0.6 is 11.3 Å². The summed E-state index contributed by atoms with van der Waals surface area (Å²) in [7, 11) is -1.93. The molecule has 0 radical (unpaired) electrons. The van der Waals surface area contributed by atoms with Gasteiger partial charge in [-0.25, -0.2) is 18.1 Å². The highest BCUT2D eigenvalue weighted by Crippen LogP contribution is 2.25. The molecule has 3 heterocycles. The number of ether oxygens (including phenoxy) is 1. The molecule has 0 atom stereocenters. The molecule has 0 saturated carbocycles. The Morgan fingerprint density at radius 1 is 1.48 bits per heavy atom. The zero-order valence-electron chi connectivity index (χ0n) is 11.7. The van der Waals surface area contributed by atoms with Crippen LogP contribution in [0.25, 0.3) is 4.96 Å². The predicted molar refractivity (Wildman–Crippen MR) is 81.3 cm³/mol. The van der Waals surface area contributed by atoms with E-state index in [0.717, 1.165) is 12.8 Å². The normalized spacial score (nSPS) is 17.4. The molecule has 0 bridgehead atoms. The van der Waals surface area contributed by atoms with Gasteiger partial charge < -0.3 is 10.1 Å². The van der Waals surface area contributed by atoms with Crippen LogP contribution < -0.4 is 10.0 Å². The number of rotatable bonds is 5. The average molecular weight is 330 g/mol. The number of hydrogen-bond donors (Lipinski definition) is 2. The standard InChI is InChI=1S/C12H18N4O3S2/c1-13-10-11(16-4-7-20-12(16)15-10)21(17,18)14-8-9-2-5-19-6-3-9/h4,7,9,13-14H,2-3,5-6,8H2,1H3. The number of nitrogens with zero attached hydrogens (tertiary/aromatic N) is 2. The van der Waals surface area contributed by atoms with Gasteiger partial charge in [0.25, 0.3) is 10.0 Å². The highest BCUT2D eigenvalue weighted by atomic mass is 32.2. The third-order valence-electron chi connectivity index (χ3n) is 3.61. The van der Waals surface area contributed by atoms with E-state index >= 15 is 0 Å². The van der Waals surface area contributed by atoms with Gasteiger partial charge in [-0.05, 0) is 18.8 Å². The first kappa shape index (κ1) is 14.8. The van der Waals surface area contributed by atoms with Crippen LogP contribution in [-0.4, -0.2) is 44.6 Å². The second kappa shape index (κ2) is 5.91. The summed E-state index contributed by atoms with van der Waals surface area (Å²) in [5, 5.41) is 4.84. The molecule has 0 unspecified atom stereocenters. The average Bonchev–Trinajstić information content (AvgIpc) is 3.06. The van der Waals surface area contributed by atoms with Gasteiger partial charge in [0.15, 0.2) is 15.8 Å². The fraction of sp³-hybridized carbons (Fsp3) is 0.583. The summed E-state index contributed by atoms with van der Waals surface area (Å²) < 4.78 is 34.8. The monoisotopic (exact) mass is 330 g/mol. The van der Waals surface area contributed by atoms with E-state index in [9.17, 15) is 8.42 Å². The molecule has 9 heteroatoms. The lowest BCUT2D eigenvalue weighted by Gasteiger charge is -2.22. The van der Waals surface area contributed by atoms with Crippen molar-refractivity contribution in [2.24, 2.45) is 5.92 Å². The van der Waals surface area contributed by atoms with Crippen molar-refractivity contribution >= 4 is 32.1 Å². The van der Waals surface area contributed by atoms with Gasteiger partial charge in [0.05, 0.1) is 0 Å². The molecule has 3 rings (SSSR count). The molecule has 1 fully saturated rings. The van der Waals surface area contributed by atoms with Gasteiger partial charge in [0, 0.05) is 38.4 Å². The van der Waals surface area contributed by atoms with Crippen molar-refractivity contribution in [3.8, 4) is 0 Å². The molecule has 21 heavy (non-hydrogen) atoms. The van der Waals surface area contributed by atoms with E-state index in [4.69, 9.17) is 4.74 Å². The Hall–Kier alpha value is -1.16. The molecule has 1 aliphatic rings. The largest absolute Gasteiger partial charge is 0.381 e. The first-order valence-corrected chi connectivity index (χ1v) is 9.19. The van der Waals surface area contributed by atoms with Crippen LogP contribution in [0.5, 0.6) is 0 Å². The summed E-state index contributed by atoms with van der Waals surface area (Å²) in [4.78, 5) is 4.94. The van der Waals surface area contributed by atoms with Crippen LogP contribution in [0.2, 0.25) is 0 Å². The summed E-state index contributed by atoms with van der Waals surface area (Å²) in [6.07, 6.45) is 3.50. The van der Waals surface area contributed by atoms with E-state index in [2.05, 4.69) is 15.0 Å². The summed E-state index contributed by atoms with van der Waals surface area (Å²) in [6.45, 7) is 1.84. The second-order valence-electron chi connectivity index (χ2n) is 4.98. The lowest BCUT2D eigenvalue weighted by atomic mass is 10.0. The molecule has 116 valence electrons. The lowest BCUT2D eigenvalue weighted by molar-refractivity contribution is 0.0678. The minimum Gasteiger partial charge on any atom is -0.381 e. The van der Waals surface area contributed by atoms with Gasteiger partial charge in [-0.15, -0.1) is 11.3 Å². The fourth-order valence-corrected chi connectivity index (χ4v) is 4.60. The zero-order valence-corrected chi connectivity index (χ0v) is 13.3. The van der Waals surface area contributed by atoms with E-state index in [1.165, 1.54) is 11.3 Å². The van der Waals surface area contributed by atoms with Crippen molar-refractivity contribution in [1.82, 2.24) is 14.1 Å². The van der Waals surface area contributed by atoms with Crippen LogP contribution in [-0.2, 0) is 14.8 Å². The molecule has 7 nitrogen and oxygen atoms in total. The topological polar surface area (TPSA) is 84.7 Å². The molecule has 1 saturated heterocycles. The number of thiazole rings is 1. The minimum absolute atomic E-state index is 0.174. The number of sulfonamides is 1. The third-order valence-corrected chi connectivity index (χ3v) is 5.81. The van der Waals surface area contributed by atoms with Crippen LogP contribution in [0.15, 0.2) is 16.6 Å². The van der Waals surface area contributed by atoms with E-state index < -0.39 is 10.0 Å². The predicted octanol–water partition coefficient (Wildman–Crippen LogP) is 1.14. The van der Waals surface area contributed by atoms with E-state index in [1.54, 1.807) is 17.6 Å². The highest BCUT2D eigenvalue weighted by molar-refractivity contribution is 7.89. The van der Waals surface area contributed by atoms with Crippen LogP contribution in [0.3, 0.4) is 0 Å². The van der Waals surface area contributed by atoms with Crippen LogP contribution in [0, 0.1) is 5.92 Å². The Balaban J connectivity index is 1.83. The van der Waals surface area contributed by atoms with Crippen molar-refractivity contribution in [2.75, 3.05) is 32.1 Å². The molecule has 2 aromatic rings.